The minimum Gasteiger partial charge on any atom is -0.372 e. The smallest absolute Gasteiger partial charge is 0.0366 e. The number of para-hydroxylation sites is 1. The van der Waals surface area contributed by atoms with Crippen molar-refractivity contribution >= 4 is 28.9 Å². The molecule has 1 nitrogen and oxygen atoms in total. The van der Waals surface area contributed by atoms with Gasteiger partial charge in [0.25, 0.3) is 0 Å². The molecule has 0 bridgehead atoms. The van der Waals surface area contributed by atoms with Crippen molar-refractivity contribution in [3.8, 4) is 0 Å². The number of benzene rings is 1. The number of rotatable bonds is 13. The zero-order chi connectivity index (χ0) is 15.2. The molecule has 0 aliphatic rings. The van der Waals surface area contributed by atoms with Gasteiger partial charge in [-0.3, -0.25) is 0 Å². The van der Waals surface area contributed by atoms with E-state index in [1.54, 1.807) is 0 Å². The van der Waals surface area contributed by atoms with E-state index in [4.69, 9.17) is 23.2 Å². The highest BCUT2D eigenvalue weighted by atomic mass is 35.5. The van der Waals surface area contributed by atoms with Crippen molar-refractivity contribution in [2.75, 3.05) is 29.7 Å². The van der Waals surface area contributed by atoms with E-state index in [1.165, 1.54) is 44.2 Å². The summed E-state index contributed by atoms with van der Waals surface area (Å²) < 4.78 is 0. The Hall–Kier alpha value is -0.400. The van der Waals surface area contributed by atoms with E-state index >= 15 is 0 Å². The van der Waals surface area contributed by atoms with Crippen LogP contribution in [0.3, 0.4) is 0 Å². The maximum absolute atomic E-state index is 5.73. The summed E-state index contributed by atoms with van der Waals surface area (Å²) in [5.41, 5.74) is 1.35. The first-order chi connectivity index (χ1) is 10.4. The molecule has 1 aromatic carbocycles. The molecular formula is C18H29Cl2N. The molecule has 21 heavy (non-hydrogen) atoms. The van der Waals surface area contributed by atoms with Crippen molar-refractivity contribution in [1.82, 2.24) is 0 Å². The second kappa shape index (κ2) is 13.3. The average molecular weight is 330 g/mol. The Bertz CT molecular complexity index is 315. The SMILES string of the molecule is ClCCCCCCN(CCCCCCCl)c1ccccc1. The third-order valence-electron chi connectivity index (χ3n) is 3.74. The Morgan fingerprint density at radius 2 is 1.10 bits per heavy atom. The van der Waals surface area contributed by atoms with Crippen LogP contribution in [0, 0.1) is 0 Å². The predicted octanol–water partition coefficient (Wildman–Crippen LogP) is 6.09. The number of halogens is 2. The van der Waals surface area contributed by atoms with Crippen LogP contribution in [0.4, 0.5) is 5.69 Å². The van der Waals surface area contributed by atoms with E-state index in [0.29, 0.717) is 0 Å². The molecule has 0 unspecified atom stereocenters. The second-order valence-electron chi connectivity index (χ2n) is 5.53. The van der Waals surface area contributed by atoms with Gasteiger partial charge in [-0.25, -0.2) is 0 Å². The first-order valence-corrected chi connectivity index (χ1v) is 9.37. The minimum atomic E-state index is 0.795. The van der Waals surface area contributed by atoms with Gasteiger partial charge in [0.15, 0.2) is 0 Å². The summed E-state index contributed by atoms with van der Waals surface area (Å²) in [4.78, 5) is 2.53. The Balaban J connectivity index is 2.32. The molecule has 0 amide bonds. The zero-order valence-electron chi connectivity index (χ0n) is 13.1. The van der Waals surface area contributed by atoms with E-state index in [-0.39, 0.29) is 0 Å². The van der Waals surface area contributed by atoms with E-state index in [1.807, 2.05) is 0 Å². The predicted molar refractivity (Wildman–Crippen MR) is 97.0 cm³/mol. The number of hydrogen-bond acceptors (Lipinski definition) is 1. The maximum Gasteiger partial charge on any atom is 0.0366 e. The first kappa shape index (κ1) is 18.6. The number of nitrogens with zero attached hydrogens (tertiary/aromatic N) is 1. The Morgan fingerprint density at radius 1 is 0.619 bits per heavy atom. The highest BCUT2D eigenvalue weighted by molar-refractivity contribution is 6.18. The highest BCUT2D eigenvalue weighted by Gasteiger charge is 2.05. The first-order valence-electron chi connectivity index (χ1n) is 8.30. The standard InChI is InChI=1S/C18H29Cl2N/c19-14-8-1-3-10-16-21(17-11-4-2-9-15-20)18-12-6-5-7-13-18/h5-7,12-13H,1-4,8-11,14-17H2. The molecule has 0 aliphatic carbocycles. The van der Waals surface area contributed by atoms with Gasteiger partial charge in [-0.05, 0) is 37.8 Å². The fraction of sp³-hybridized carbons (Fsp3) is 0.667. The van der Waals surface area contributed by atoms with E-state index in [9.17, 15) is 0 Å². The minimum absolute atomic E-state index is 0.795. The topological polar surface area (TPSA) is 3.24 Å². The molecule has 0 aromatic heterocycles. The molecule has 1 aromatic rings. The van der Waals surface area contributed by atoms with Gasteiger partial charge in [0.05, 0.1) is 0 Å². The van der Waals surface area contributed by atoms with Gasteiger partial charge in [0, 0.05) is 30.5 Å². The van der Waals surface area contributed by atoms with Crippen LogP contribution in [0.25, 0.3) is 0 Å². The number of hydrogen-bond donors (Lipinski definition) is 0. The molecule has 1 rings (SSSR count). The lowest BCUT2D eigenvalue weighted by atomic mass is 10.1. The van der Waals surface area contributed by atoms with Crippen molar-refractivity contribution in [3.63, 3.8) is 0 Å². The van der Waals surface area contributed by atoms with E-state index < -0.39 is 0 Å². The van der Waals surface area contributed by atoms with Gasteiger partial charge < -0.3 is 4.90 Å². The Labute approximate surface area is 140 Å². The fourth-order valence-corrected chi connectivity index (χ4v) is 2.89. The van der Waals surface area contributed by atoms with Gasteiger partial charge >= 0.3 is 0 Å². The summed E-state index contributed by atoms with van der Waals surface area (Å²) >= 11 is 11.5. The molecule has 0 aliphatic heterocycles. The van der Waals surface area contributed by atoms with Gasteiger partial charge in [-0.2, -0.15) is 0 Å². The van der Waals surface area contributed by atoms with Crippen molar-refractivity contribution in [1.29, 1.82) is 0 Å². The molecular weight excluding hydrogens is 301 g/mol. The molecule has 0 spiro atoms. The van der Waals surface area contributed by atoms with E-state index in [0.717, 1.165) is 37.7 Å². The van der Waals surface area contributed by atoms with Crippen LogP contribution in [0.15, 0.2) is 30.3 Å². The summed E-state index contributed by atoms with van der Waals surface area (Å²) in [6, 6.07) is 10.8. The molecule has 0 atom stereocenters. The second-order valence-corrected chi connectivity index (χ2v) is 6.28. The van der Waals surface area contributed by atoms with Crippen LogP contribution in [-0.4, -0.2) is 24.8 Å². The van der Waals surface area contributed by atoms with Crippen molar-refractivity contribution in [2.24, 2.45) is 0 Å². The molecule has 0 fully saturated rings. The van der Waals surface area contributed by atoms with Gasteiger partial charge in [0.1, 0.15) is 0 Å². The molecule has 0 radical (unpaired) electrons. The third-order valence-corrected chi connectivity index (χ3v) is 4.28. The molecule has 120 valence electrons. The summed E-state index contributed by atoms with van der Waals surface area (Å²) in [6.07, 6.45) is 9.87. The third kappa shape index (κ3) is 9.26. The van der Waals surface area contributed by atoms with Gasteiger partial charge in [-0.15, -0.1) is 23.2 Å². The largest absolute Gasteiger partial charge is 0.372 e. The summed E-state index contributed by atoms with van der Waals surface area (Å²) in [7, 11) is 0. The zero-order valence-corrected chi connectivity index (χ0v) is 14.6. The summed E-state index contributed by atoms with van der Waals surface area (Å²) in [6.45, 7) is 2.31. The summed E-state index contributed by atoms with van der Waals surface area (Å²) in [5.74, 6) is 1.59. The fourth-order valence-electron chi connectivity index (χ4n) is 2.51. The number of anilines is 1. The molecule has 0 saturated heterocycles. The molecule has 0 N–H and O–H groups in total. The molecule has 0 heterocycles. The Morgan fingerprint density at radius 3 is 1.57 bits per heavy atom. The van der Waals surface area contributed by atoms with E-state index in [2.05, 4.69) is 35.2 Å². The highest BCUT2D eigenvalue weighted by Crippen LogP contribution is 2.16. The monoisotopic (exact) mass is 329 g/mol. The van der Waals surface area contributed by atoms with Crippen LogP contribution < -0.4 is 4.90 Å². The Kier molecular flexibility index (Phi) is 11.8. The normalized spacial score (nSPS) is 10.8. The van der Waals surface area contributed by atoms with Crippen LogP contribution in [0.2, 0.25) is 0 Å². The van der Waals surface area contributed by atoms with Crippen LogP contribution in [-0.2, 0) is 0 Å². The van der Waals surface area contributed by atoms with Crippen molar-refractivity contribution in [3.05, 3.63) is 30.3 Å². The summed E-state index contributed by atoms with van der Waals surface area (Å²) in [5, 5.41) is 0. The molecule has 0 saturated carbocycles. The van der Waals surface area contributed by atoms with Crippen molar-refractivity contribution < 1.29 is 0 Å². The number of alkyl halides is 2. The van der Waals surface area contributed by atoms with Gasteiger partial charge in [0.2, 0.25) is 0 Å². The van der Waals surface area contributed by atoms with Crippen LogP contribution in [0.1, 0.15) is 51.4 Å². The molecule has 3 heteroatoms. The van der Waals surface area contributed by atoms with Crippen LogP contribution >= 0.6 is 23.2 Å². The lowest BCUT2D eigenvalue weighted by Crippen LogP contribution is -2.25. The number of unbranched alkanes of at least 4 members (excludes halogenated alkanes) is 6. The lowest BCUT2D eigenvalue weighted by Gasteiger charge is -2.25. The quantitative estimate of drug-likeness (QED) is 0.312. The maximum atomic E-state index is 5.73. The van der Waals surface area contributed by atoms with Gasteiger partial charge in [-0.1, -0.05) is 43.9 Å². The van der Waals surface area contributed by atoms with Crippen molar-refractivity contribution in [2.45, 2.75) is 51.4 Å². The lowest BCUT2D eigenvalue weighted by molar-refractivity contribution is 0.610. The van der Waals surface area contributed by atoms with Crippen LogP contribution in [0.5, 0.6) is 0 Å². The average Bonchev–Trinajstić information content (AvgIpc) is 2.53.